The first-order chi connectivity index (χ1) is 25.3. The van der Waals surface area contributed by atoms with Gasteiger partial charge in [0.15, 0.2) is 17.1 Å². The van der Waals surface area contributed by atoms with Gasteiger partial charge in [0.05, 0.1) is 38.6 Å². The molecular formula is C37H50N10O6. The number of nitrogens with zero attached hydrogens (tertiary/aromatic N) is 10. The normalized spacial score (nSPS) is 11.9. The van der Waals surface area contributed by atoms with Gasteiger partial charge in [-0.1, -0.05) is 0 Å². The molecule has 0 aliphatic heterocycles. The first-order valence-corrected chi connectivity index (χ1v) is 17.7. The number of ether oxygens (including phenoxy) is 3. The van der Waals surface area contributed by atoms with Crippen molar-refractivity contribution in [2.24, 2.45) is 13.0 Å². The van der Waals surface area contributed by atoms with Crippen molar-refractivity contribution in [3.05, 3.63) is 93.6 Å². The summed E-state index contributed by atoms with van der Waals surface area (Å²) >= 11 is 0. The van der Waals surface area contributed by atoms with Crippen LogP contribution in [0.1, 0.15) is 105 Å². The molecule has 1 aliphatic rings. The number of carbonyl (C=O) groups excluding carboxylic acids is 3. The molecule has 0 radical (unpaired) electrons. The Labute approximate surface area is 309 Å². The van der Waals surface area contributed by atoms with Crippen molar-refractivity contribution in [3.8, 4) is 0 Å². The topological polar surface area (TPSA) is 176 Å². The Kier molecular flexibility index (Phi) is 14.2. The predicted octanol–water partition coefficient (Wildman–Crippen LogP) is 4.75. The van der Waals surface area contributed by atoms with Crippen molar-refractivity contribution in [2.45, 2.75) is 87.9 Å². The number of rotatable bonds is 12. The van der Waals surface area contributed by atoms with E-state index >= 15 is 0 Å². The molecule has 284 valence electrons. The zero-order chi connectivity index (χ0) is 38.7. The van der Waals surface area contributed by atoms with E-state index in [4.69, 9.17) is 14.2 Å². The van der Waals surface area contributed by atoms with Crippen molar-refractivity contribution in [3.63, 3.8) is 0 Å². The van der Waals surface area contributed by atoms with Gasteiger partial charge in [-0.15, -0.1) is 0 Å². The van der Waals surface area contributed by atoms with Crippen molar-refractivity contribution in [2.75, 3.05) is 19.8 Å². The second-order valence-electron chi connectivity index (χ2n) is 12.7. The third kappa shape index (κ3) is 11.7. The Morgan fingerprint density at radius 1 is 0.623 bits per heavy atom. The highest BCUT2D eigenvalue weighted by Crippen LogP contribution is 2.30. The van der Waals surface area contributed by atoms with E-state index in [9.17, 15) is 14.4 Å². The van der Waals surface area contributed by atoms with Crippen LogP contribution in [0.25, 0.3) is 0 Å². The van der Waals surface area contributed by atoms with E-state index in [2.05, 4.69) is 30.4 Å². The Hall–Kier alpha value is -5.67. The second-order valence-corrected chi connectivity index (χ2v) is 12.7. The zero-order valence-corrected chi connectivity index (χ0v) is 32.1. The number of hydrogen-bond acceptors (Lipinski definition) is 12. The number of aromatic nitrogens is 10. The van der Waals surface area contributed by atoms with Crippen molar-refractivity contribution in [1.82, 2.24) is 49.1 Å². The number of carbonyl (C=O) groups is 3. The molecule has 1 fully saturated rings. The van der Waals surface area contributed by atoms with Crippen LogP contribution in [-0.2, 0) is 40.9 Å². The van der Waals surface area contributed by atoms with Crippen LogP contribution in [0.4, 0.5) is 0 Å². The van der Waals surface area contributed by atoms with Gasteiger partial charge in [-0.2, -0.15) is 20.4 Å². The van der Waals surface area contributed by atoms with Gasteiger partial charge in [0.25, 0.3) is 0 Å². The summed E-state index contributed by atoms with van der Waals surface area (Å²) < 4.78 is 22.0. The smallest absolute Gasteiger partial charge is 0.358 e. The molecule has 5 aromatic rings. The highest BCUT2D eigenvalue weighted by atomic mass is 16.5. The molecule has 16 nitrogen and oxygen atoms in total. The van der Waals surface area contributed by atoms with E-state index in [1.165, 1.54) is 12.8 Å². The maximum Gasteiger partial charge on any atom is 0.358 e. The molecule has 5 heterocycles. The van der Waals surface area contributed by atoms with Gasteiger partial charge in [0, 0.05) is 54.3 Å². The SMILES string of the molecule is CCOC(=O)c1cc(C)n(CC2CC2)n1.CCOC(=O)c1cc(C)n(Cc2cc(C)n(C)n2)n1.CCOC(=O)c1cc(C)n(Cc2cnc(C)nc2)n1. The summed E-state index contributed by atoms with van der Waals surface area (Å²) in [5.74, 6) is 0.382. The Bertz CT molecular complexity index is 1960. The minimum absolute atomic E-state index is 0.324. The highest BCUT2D eigenvalue weighted by Gasteiger charge is 2.24. The summed E-state index contributed by atoms with van der Waals surface area (Å²) in [6, 6.07) is 7.24. The molecule has 53 heavy (non-hydrogen) atoms. The van der Waals surface area contributed by atoms with Gasteiger partial charge in [-0.3, -0.25) is 18.7 Å². The average molecular weight is 731 g/mol. The van der Waals surface area contributed by atoms with Gasteiger partial charge >= 0.3 is 17.9 Å². The van der Waals surface area contributed by atoms with Crippen LogP contribution < -0.4 is 0 Å². The lowest BCUT2D eigenvalue weighted by Gasteiger charge is -2.03. The van der Waals surface area contributed by atoms with Crippen molar-refractivity contribution in [1.29, 1.82) is 0 Å². The molecule has 0 amide bonds. The number of hydrogen-bond donors (Lipinski definition) is 0. The van der Waals surface area contributed by atoms with Crippen LogP contribution in [0.15, 0.2) is 36.7 Å². The molecule has 0 N–H and O–H groups in total. The summed E-state index contributed by atoms with van der Waals surface area (Å²) in [6.45, 7) is 18.1. The molecule has 0 atom stereocenters. The first kappa shape index (κ1) is 40.1. The Morgan fingerprint density at radius 3 is 1.47 bits per heavy atom. The third-order valence-electron chi connectivity index (χ3n) is 8.17. The predicted molar refractivity (Wildman–Crippen MR) is 194 cm³/mol. The van der Waals surface area contributed by atoms with Crippen LogP contribution in [0.5, 0.6) is 0 Å². The molecule has 0 unspecified atom stereocenters. The molecule has 5 aromatic heterocycles. The molecule has 16 heteroatoms. The monoisotopic (exact) mass is 730 g/mol. The van der Waals surface area contributed by atoms with E-state index in [-0.39, 0.29) is 11.9 Å². The fourth-order valence-electron chi connectivity index (χ4n) is 5.03. The van der Waals surface area contributed by atoms with Crippen molar-refractivity contribution < 1.29 is 28.6 Å². The Morgan fingerprint density at radius 2 is 1.06 bits per heavy atom. The van der Waals surface area contributed by atoms with Gasteiger partial charge < -0.3 is 14.2 Å². The molecule has 0 bridgehead atoms. The van der Waals surface area contributed by atoms with E-state index in [1.54, 1.807) is 60.7 Å². The van der Waals surface area contributed by atoms with Crippen LogP contribution in [0.3, 0.4) is 0 Å². The third-order valence-corrected chi connectivity index (χ3v) is 8.17. The first-order valence-electron chi connectivity index (χ1n) is 17.7. The lowest BCUT2D eigenvalue weighted by Crippen LogP contribution is -2.09. The lowest BCUT2D eigenvalue weighted by molar-refractivity contribution is 0.0509. The van der Waals surface area contributed by atoms with Crippen LogP contribution in [0.2, 0.25) is 0 Å². The highest BCUT2D eigenvalue weighted by molar-refractivity contribution is 5.88. The van der Waals surface area contributed by atoms with Crippen LogP contribution in [0, 0.1) is 40.5 Å². The summed E-state index contributed by atoms with van der Waals surface area (Å²) in [6.07, 6.45) is 6.09. The maximum atomic E-state index is 11.6. The molecular weight excluding hydrogens is 680 g/mol. The van der Waals surface area contributed by atoms with E-state index in [1.807, 2.05) is 57.1 Å². The fraction of sp³-hybridized carbons (Fsp3) is 0.486. The molecule has 6 rings (SSSR count). The summed E-state index contributed by atoms with van der Waals surface area (Å²) in [5, 5.41) is 17.1. The number of esters is 3. The second kappa shape index (κ2) is 18.7. The summed E-state index contributed by atoms with van der Waals surface area (Å²) in [7, 11) is 1.90. The van der Waals surface area contributed by atoms with Gasteiger partial charge in [-0.25, -0.2) is 24.4 Å². The summed E-state index contributed by atoms with van der Waals surface area (Å²) in [4.78, 5) is 42.9. The largest absolute Gasteiger partial charge is 0.461 e. The average Bonchev–Trinajstić information content (AvgIpc) is 3.40. The molecule has 0 aromatic carbocycles. The molecule has 1 aliphatic carbocycles. The minimum Gasteiger partial charge on any atom is -0.461 e. The van der Waals surface area contributed by atoms with Crippen LogP contribution in [-0.4, -0.2) is 86.8 Å². The standard InChI is InChI=1S/C13H18N4O2.C13H16N4O2.C11H16N2O2/c1-5-19-13(18)12-7-10(3)17(15-12)8-11-6-9(2)16(4)14-11;1-4-19-13(18)12-5-9(2)17(16-12)8-11-6-14-10(3)15-7-11;1-3-15-11(14)10-6-8(2)13(12-10)7-9-4-5-9/h6-7H,5,8H2,1-4H3;5-7H,4,8H2,1-3H3;6,9H,3-5,7H2,1-2H3. The van der Waals surface area contributed by atoms with Crippen LogP contribution >= 0.6 is 0 Å². The Balaban J connectivity index is 0.000000179. The van der Waals surface area contributed by atoms with E-state index in [0.29, 0.717) is 50.0 Å². The van der Waals surface area contributed by atoms with Gasteiger partial charge in [0.1, 0.15) is 5.82 Å². The quantitative estimate of drug-likeness (QED) is 0.127. The van der Waals surface area contributed by atoms with E-state index < -0.39 is 5.97 Å². The minimum atomic E-state index is -0.399. The van der Waals surface area contributed by atoms with Gasteiger partial charge in [-0.05, 0) is 98.4 Å². The summed E-state index contributed by atoms with van der Waals surface area (Å²) in [5.41, 5.74) is 6.87. The van der Waals surface area contributed by atoms with Crippen molar-refractivity contribution >= 4 is 17.9 Å². The molecule has 0 spiro atoms. The maximum absolute atomic E-state index is 11.6. The van der Waals surface area contributed by atoms with E-state index in [0.717, 1.165) is 52.3 Å². The molecule has 1 saturated carbocycles. The number of aryl methyl sites for hydroxylation is 6. The zero-order valence-electron chi connectivity index (χ0n) is 32.1. The molecule has 0 saturated heterocycles. The fourth-order valence-corrected chi connectivity index (χ4v) is 5.03. The van der Waals surface area contributed by atoms with Gasteiger partial charge in [0.2, 0.25) is 0 Å². The lowest BCUT2D eigenvalue weighted by atomic mass is 10.3.